The smallest absolute Gasteiger partial charge is 0.355 e. The molecule has 24 heavy (non-hydrogen) atoms. The lowest BCUT2D eigenvalue weighted by atomic mass is 10.2. The van der Waals surface area contributed by atoms with Crippen LogP contribution in [0.5, 0.6) is 0 Å². The van der Waals surface area contributed by atoms with Crippen LogP contribution in [-0.2, 0) is 19.1 Å². The molecular weight excluding hydrogens is 342 g/mol. The number of ether oxygens (including phenoxy) is 2. The van der Waals surface area contributed by atoms with E-state index in [1.54, 1.807) is 13.8 Å². The Hall–Kier alpha value is -2.68. The van der Waals surface area contributed by atoms with Crippen LogP contribution in [0.2, 0.25) is 5.02 Å². The summed E-state index contributed by atoms with van der Waals surface area (Å²) in [6.07, 6.45) is -0.430. The van der Waals surface area contributed by atoms with Gasteiger partial charge < -0.3 is 9.47 Å². The third kappa shape index (κ3) is 5.84. The van der Waals surface area contributed by atoms with Crippen LogP contribution in [0.15, 0.2) is 23.3 Å². The van der Waals surface area contributed by atoms with Gasteiger partial charge in [0.25, 0.3) is 5.69 Å². The summed E-state index contributed by atoms with van der Waals surface area (Å²) >= 11 is 5.72. The fourth-order valence-corrected chi connectivity index (χ4v) is 1.76. The maximum atomic E-state index is 11.8. The van der Waals surface area contributed by atoms with Crippen molar-refractivity contribution < 1.29 is 24.0 Å². The van der Waals surface area contributed by atoms with Gasteiger partial charge in [0, 0.05) is 11.1 Å². The van der Waals surface area contributed by atoms with Crippen LogP contribution in [0.25, 0.3) is 0 Å². The van der Waals surface area contributed by atoms with Crippen LogP contribution in [0.1, 0.15) is 20.3 Å². The van der Waals surface area contributed by atoms with Gasteiger partial charge in [0.2, 0.25) is 0 Å². The SMILES string of the molecule is CCOC(=O)C/C(=N\Nc1ccc(Cl)cc1[N+](=O)[O-])C(=O)OCC. The monoisotopic (exact) mass is 357 g/mol. The number of nitro groups is 1. The van der Waals surface area contributed by atoms with Gasteiger partial charge in [0.05, 0.1) is 24.6 Å². The van der Waals surface area contributed by atoms with Crippen LogP contribution < -0.4 is 5.43 Å². The lowest BCUT2D eigenvalue weighted by Gasteiger charge is -2.07. The zero-order valence-electron chi connectivity index (χ0n) is 13.1. The minimum atomic E-state index is -0.824. The predicted octanol–water partition coefficient (Wildman–Crippen LogP) is 2.53. The highest BCUT2D eigenvalue weighted by atomic mass is 35.5. The lowest BCUT2D eigenvalue weighted by Crippen LogP contribution is -2.23. The number of rotatable bonds is 8. The first-order valence-electron chi connectivity index (χ1n) is 6.98. The minimum absolute atomic E-state index is 0.00931. The molecule has 0 amide bonds. The van der Waals surface area contributed by atoms with Crippen LogP contribution in [0.3, 0.4) is 0 Å². The maximum absolute atomic E-state index is 11.8. The van der Waals surface area contributed by atoms with Crippen LogP contribution in [0.4, 0.5) is 11.4 Å². The van der Waals surface area contributed by atoms with E-state index in [0.717, 1.165) is 6.07 Å². The number of benzene rings is 1. The van der Waals surface area contributed by atoms with E-state index < -0.39 is 23.3 Å². The van der Waals surface area contributed by atoms with Crippen molar-refractivity contribution in [2.45, 2.75) is 20.3 Å². The summed E-state index contributed by atoms with van der Waals surface area (Å²) in [5, 5.41) is 14.9. The molecule has 0 spiro atoms. The first-order chi connectivity index (χ1) is 11.4. The molecule has 1 aromatic rings. The Morgan fingerprint density at radius 3 is 2.54 bits per heavy atom. The normalized spacial score (nSPS) is 10.9. The highest BCUT2D eigenvalue weighted by Gasteiger charge is 2.20. The van der Waals surface area contributed by atoms with Gasteiger partial charge in [-0.05, 0) is 26.0 Å². The Labute approximate surface area is 142 Å². The molecule has 0 heterocycles. The molecule has 1 aromatic carbocycles. The summed E-state index contributed by atoms with van der Waals surface area (Å²) in [6, 6.07) is 3.88. The van der Waals surface area contributed by atoms with Gasteiger partial charge in [-0.15, -0.1) is 0 Å². The summed E-state index contributed by atoms with van der Waals surface area (Å²) in [6.45, 7) is 3.44. The third-order valence-electron chi connectivity index (χ3n) is 2.60. The summed E-state index contributed by atoms with van der Waals surface area (Å²) in [7, 11) is 0. The molecule has 130 valence electrons. The van der Waals surface area contributed by atoms with Crippen molar-refractivity contribution in [1.82, 2.24) is 0 Å². The summed E-state index contributed by atoms with van der Waals surface area (Å²) in [5.74, 6) is -1.49. The van der Waals surface area contributed by atoms with Crippen molar-refractivity contribution in [2.75, 3.05) is 18.6 Å². The second kappa shape index (κ2) is 9.46. The Morgan fingerprint density at radius 2 is 1.96 bits per heavy atom. The van der Waals surface area contributed by atoms with E-state index in [2.05, 4.69) is 10.5 Å². The van der Waals surface area contributed by atoms with Crippen molar-refractivity contribution in [1.29, 1.82) is 0 Å². The van der Waals surface area contributed by atoms with Gasteiger partial charge in [-0.2, -0.15) is 5.10 Å². The molecular formula is C14H16ClN3O6. The number of anilines is 1. The molecule has 10 heteroatoms. The first-order valence-corrected chi connectivity index (χ1v) is 7.36. The van der Waals surface area contributed by atoms with Crippen LogP contribution >= 0.6 is 11.6 Å². The number of nitrogens with zero attached hydrogens (tertiary/aromatic N) is 2. The Morgan fingerprint density at radius 1 is 1.29 bits per heavy atom. The molecule has 1 N–H and O–H groups in total. The van der Waals surface area contributed by atoms with Crippen molar-refractivity contribution in [3.63, 3.8) is 0 Å². The molecule has 0 saturated heterocycles. The molecule has 0 saturated carbocycles. The number of hydrogen-bond donors (Lipinski definition) is 1. The van der Waals surface area contributed by atoms with Crippen LogP contribution in [-0.4, -0.2) is 35.8 Å². The van der Waals surface area contributed by atoms with E-state index in [1.165, 1.54) is 12.1 Å². The topological polar surface area (TPSA) is 120 Å². The molecule has 1 rings (SSSR count). The van der Waals surface area contributed by atoms with Gasteiger partial charge in [-0.3, -0.25) is 20.3 Å². The average molecular weight is 358 g/mol. The number of carbonyl (C=O) groups is 2. The largest absolute Gasteiger partial charge is 0.466 e. The molecule has 0 aliphatic rings. The summed E-state index contributed by atoms with van der Waals surface area (Å²) < 4.78 is 9.55. The van der Waals surface area contributed by atoms with Gasteiger partial charge in [-0.1, -0.05) is 11.6 Å². The number of hydrazone groups is 1. The molecule has 0 aliphatic heterocycles. The lowest BCUT2D eigenvalue weighted by molar-refractivity contribution is -0.383. The minimum Gasteiger partial charge on any atom is -0.466 e. The Kier molecular flexibility index (Phi) is 7.63. The van der Waals surface area contributed by atoms with E-state index in [0.29, 0.717) is 0 Å². The molecule has 0 atom stereocenters. The van der Waals surface area contributed by atoms with Gasteiger partial charge >= 0.3 is 11.9 Å². The number of hydrogen-bond acceptors (Lipinski definition) is 8. The fourth-order valence-electron chi connectivity index (χ4n) is 1.60. The van der Waals surface area contributed by atoms with E-state index in [4.69, 9.17) is 21.1 Å². The molecule has 0 aromatic heterocycles. The zero-order chi connectivity index (χ0) is 18.1. The fraction of sp³-hybridized carbons (Fsp3) is 0.357. The molecule has 0 radical (unpaired) electrons. The van der Waals surface area contributed by atoms with Crippen LogP contribution in [0, 0.1) is 10.1 Å². The van der Waals surface area contributed by atoms with E-state index >= 15 is 0 Å². The van der Waals surface area contributed by atoms with Crippen molar-refractivity contribution in [2.24, 2.45) is 5.10 Å². The Bertz CT molecular complexity index is 662. The zero-order valence-corrected chi connectivity index (χ0v) is 13.8. The second-order valence-corrected chi connectivity index (χ2v) is 4.73. The number of nitro benzene ring substituents is 1. The number of carbonyl (C=O) groups excluding carboxylic acids is 2. The predicted molar refractivity (Wildman–Crippen MR) is 87.0 cm³/mol. The number of halogens is 1. The van der Waals surface area contributed by atoms with Gasteiger partial charge in [0.15, 0.2) is 5.71 Å². The van der Waals surface area contributed by atoms with E-state index in [9.17, 15) is 19.7 Å². The first kappa shape index (κ1) is 19.4. The van der Waals surface area contributed by atoms with Crippen molar-refractivity contribution in [3.8, 4) is 0 Å². The van der Waals surface area contributed by atoms with Crippen molar-refractivity contribution in [3.05, 3.63) is 33.3 Å². The Balaban J connectivity index is 3.04. The van der Waals surface area contributed by atoms with E-state index in [1.807, 2.05) is 0 Å². The summed E-state index contributed by atoms with van der Waals surface area (Å²) in [4.78, 5) is 33.7. The van der Waals surface area contributed by atoms with Crippen molar-refractivity contribution >= 4 is 40.6 Å². The average Bonchev–Trinajstić information content (AvgIpc) is 2.52. The standard InChI is InChI=1S/C14H16ClN3O6/c1-3-23-13(19)8-11(14(20)24-4-2)17-16-10-6-5-9(15)7-12(10)18(21)22/h5-7,16H,3-4,8H2,1-2H3/b17-11+. The van der Waals surface area contributed by atoms with Gasteiger partial charge in [-0.25, -0.2) is 4.79 Å². The highest BCUT2D eigenvalue weighted by molar-refractivity contribution is 6.39. The maximum Gasteiger partial charge on any atom is 0.355 e. The molecule has 0 fully saturated rings. The molecule has 0 aliphatic carbocycles. The summed E-state index contributed by atoms with van der Waals surface area (Å²) in [5.41, 5.74) is 1.80. The number of nitrogens with one attached hydrogen (secondary N) is 1. The highest BCUT2D eigenvalue weighted by Crippen LogP contribution is 2.27. The number of esters is 2. The third-order valence-corrected chi connectivity index (χ3v) is 2.83. The van der Waals surface area contributed by atoms with E-state index in [-0.39, 0.29) is 35.3 Å². The van der Waals surface area contributed by atoms with Gasteiger partial charge in [0.1, 0.15) is 5.69 Å². The molecule has 0 bridgehead atoms. The molecule has 0 unspecified atom stereocenters. The quantitative estimate of drug-likeness (QED) is 0.328. The molecule has 9 nitrogen and oxygen atoms in total. The second-order valence-electron chi connectivity index (χ2n) is 4.29.